The topological polar surface area (TPSA) is 58.6 Å². The van der Waals surface area contributed by atoms with Crippen molar-refractivity contribution >= 4 is 23.3 Å². The van der Waals surface area contributed by atoms with Gasteiger partial charge in [-0.1, -0.05) is 41.9 Å². The van der Waals surface area contributed by atoms with Gasteiger partial charge in [0, 0.05) is 37.3 Å². The van der Waals surface area contributed by atoms with Crippen LogP contribution in [-0.2, 0) is 11.2 Å². The molecule has 1 fully saturated rings. The monoisotopic (exact) mass is 408 g/mol. The molecule has 1 aliphatic heterocycles. The number of carbonyl (C=O) groups is 1. The Morgan fingerprint density at radius 1 is 0.966 bits per heavy atom. The quantitative estimate of drug-likeness (QED) is 0.642. The van der Waals surface area contributed by atoms with Gasteiger partial charge in [-0.2, -0.15) is 0 Å². The second kappa shape index (κ2) is 8.92. The number of aromatic nitrogens is 2. The zero-order valence-electron chi connectivity index (χ0n) is 15.9. The minimum absolute atomic E-state index is 0.158. The molecule has 148 valence electrons. The number of rotatable bonds is 5. The van der Waals surface area contributed by atoms with E-state index < -0.39 is 0 Å². The number of ether oxygens (including phenoxy) is 1. The van der Waals surface area contributed by atoms with E-state index in [2.05, 4.69) is 14.9 Å². The first kappa shape index (κ1) is 19.2. The van der Waals surface area contributed by atoms with Crippen LogP contribution in [0, 0.1) is 0 Å². The third-order valence-electron chi connectivity index (χ3n) is 4.82. The van der Waals surface area contributed by atoms with Crippen molar-refractivity contribution in [1.82, 2.24) is 14.9 Å². The number of piperazine rings is 1. The Balaban J connectivity index is 1.34. The molecule has 29 heavy (non-hydrogen) atoms. The van der Waals surface area contributed by atoms with Gasteiger partial charge in [0.15, 0.2) is 0 Å². The number of anilines is 1. The van der Waals surface area contributed by atoms with Crippen molar-refractivity contribution in [3.63, 3.8) is 0 Å². The highest BCUT2D eigenvalue weighted by Gasteiger charge is 2.22. The minimum Gasteiger partial charge on any atom is -0.439 e. The number of carbonyl (C=O) groups excluding carboxylic acids is 1. The van der Waals surface area contributed by atoms with Crippen molar-refractivity contribution in [1.29, 1.82) is 0 Å². The van der Waals surface area contributed by atoms with Crippen molar-refractivity contribution in [3.8, 4) is 11.6 Å². The molecule has 7 heteroatoms. The van der Waals surface area contributed by atoms with Crippen molar-refractivity contribution in [2.45, 2.75) is 6.42 Å². The zero-order chi connectivity index (χ0) is 20.1. The molecule has 0 saturated carbocycles. The third-order valence-corrected chi connectivity index (χ3v) is 5.07. The third kappa shape index (κ3) is 5.03. The van der Waals surface area contributed by atoms with Crippen LogP contribution in [0.5, 0.6) is 11.6 Å². The van der Waals surface area contributed by atoms with Crippen molar-refractivity contribution in [2.24, 2.45) is 0 Å². The maximum Gasteiger partial charge on any atom is 0.227 e. The summed E-state index contributed by atoms with van der Waals surface area (Å²) < 4.78 is 5.79. The van der Waals surface area contributed by atoms with Gasteiger partial charge in [-0.15, -0.1) is 0 Å². The zero-order valence-corrected chi connectivity index (χ0v) is 16.6. The molecule has 3 aromatic rings. The maximum atomic E-state index is 12.5. The van der Waals surface area contributed by atoms with Crippen molar-refractivity contribution < 1.29 is 9.53 Å². The highest BCUT2D eigenvalue weighted by molar-refractivity contribution is 6.30. The maximum absolute atomic E-state index is 12.5. The van der Waals surface area contributed by atoms with Crippen molar-refractivity contribution in [2.75, 3.05) is 31.1 Å². The predicted molar refractivity (Wildman–Crippen MR) is 112 cm³/mol. The average Bonchev–Trinajstić information content (AvgIpc) is 2.76. The largest absolute Gasteiger partial charge is 0.439 e. The van der Waals surface area contributed by atoms with E-state index in [1.54, 1.807) is 24.3 Å². The lowest BCUT2D eigenvalue weighted by molar-refractivity contribution is -0.130. The Bertz CT molecular complexity index is 958. The summed E-state index contributed by atoms with van der Waals surface area (Å²) in [5, 5.41) is 0.653. The first-order chi connectivity index (χ1) is 14.2. The highest BCUT2D eigenvalue weighted by atomic mass is 35.5. The normalized spacial score (nSPS) is 14.0. The second-order valence-corrected chi connectivity index (χ2v) is 7.24. The highest BCUT2D eigenvalue weighted by Crippen LogP contribution is 2.24. The summed E-state index contributed by atoms with van der Waals surface area (Å²) in [5.41, 5.74) is 1.04. The molecular formula is C22H21ClN4O2. The summed E-state index contributed by atoms with van der Waals surface area (Å²) in [7, 11) is 0. The van der Waals surface area contributed by atoms with Crippen LogP contribution in [0.1, 0.15) is 5.56 Å². The van der Waals surface area contributed by atoms with Crippen LogP contribution in [0.3, 0.4) is 0 Å². The van der Waals surface area contributed by atoms with Gasteiger partial charge in [0.1, 0.15) is 17.9 Å². The minimum atomic E-state index is 0.158. The summed E-state index contributed by atoms with van der Waals surface area (Å²) in [6.45, 7) is 2.78. The molecule has 0 spiro atoms. The smallest absolute Gasteiger partial charge is 0.227 e. The fourth-order valence-electron chi connectivity index (χ4n) is 3.25. The van der Waals surface area contributed by atoms with Gasteiger partial charge in [0.25, 0.3) is 0 Å². The van der Waals surface area contributed by atoms with Gasteiger partial charge >= 0.3 is 0 Å². The molecule has 0 bridgehead atoms. The molecule has 0 radical (unpaired) electrons. The first-order valence-corrected chi connectivity index (χ1v) is 9.87. The van der Waals surface area contributed by atoms with Crippen LogP contribution in [0.4, 0.5) is 5.82 Å². The van der Waals surface area contributed by atoms with Crippen LogP contribution < -0.4 is 9.64 Å². The standard InChI is InChI=1S/C22H21ClN4O2/c23-18-6-8-19(9-7-18)29-21-15-20(24-16-25-21)26-10-12-27(13-11-26)22(28)14-17-4-2-1-3-5-17/h1-9,15-16H,10-14H2. The molecule has 4 rings (SSSR count). The Morgan fingerprint density at radius 2 is 1.69 bits per heavy atom. The summed E-state index contributed by atoms with van der Waals surface area (Å²) in [6.07, 6.45) is 1.93. The Kier molecular flexibility index (Phi) is 5.91. The lowest BCUT2D eigenvalue weighted by atomic mass is 10.1. The fraction of sp³-hybridized carbons (Fsp3) is 0.227. The van der Waals surface area contributed by atoms with Crippen LogP contribution in [0.25, 0.3) is 0 Å². The Labute approximate surface area is 174 Å². The summed E-state index contributed by atoms with van der Waals surface area (Å²) >= 11 is 5.90. The Hall–Kier alpha value is -3.12. The van der Waals surface area contributed by atoms with Gasteiger partial charge < -0.3 is 14.5 Å². The number of halogens is 1. The van der Waals surface area contributed by atoms with Gasteiger partial charge in [0.05, 0.1) is 6.42 Å². The van der Waals surface area contributed by atoms with E-state index in [9.17, 15) is 4.79 Å². The number of hydrogen-bond acceptors (Lipinski definition) is 5. The van der Waals surface area contributed by atoms with E-state index in [0.29, 0.717) is 36.2 Å². The molecule has 2 aromatic carbocycles. The van der Waals surface area contributed by atoms with Crippen LogP contribution in [0.15, 0.2) is 67.0 Å². The fourth-order valence-corrected chi connectivity index (χ4v) is 3.38. The number of amides is 1. The van der Waals surface area contributed by atoms with Gasteiger partial charge in [-0.05, 0) is 29.8 Å². The first-order valence-electron chi connectivity index (χ1n) is 9.49. The molecule has 1 aliphatic rings. The second-order valence-electron chi connectivity index (χ2n) is 6.80. The lowest BCUT2D eigenvalue weighted by Gasteiger charge is -2.35. The summed E-state index contributed by atoms with van der Waals surface area (Å²) in [6, 6.07) is 18.8. The molecule has 0 N–H and O–H groups in total. The van der Waals surface area contributed by atoms with E-state index in [4.69, 9.17) is 16.3 Å². The average molecular weight is 409 g/mol. The number of nitrogens with zero attached hydrogens (tertiary/aromatic N) is 4. The molecular weight excluding hydrogens is 388 g/mol. The number of hydrogen-bond donors (Lipinski definition) is 0. The van der Waals surface area contributed by atoms with Crippen molar-refractivity contribution in [3.05, 3.63) is 77.6 Å². The van der Waals surface area contributed by atoms with E-state index in [0.717, 1.165) is 24.5 Å². The molecule has 0 unspecified atom stereocenters. The van der Waals surface area contributed by atoms with E-state index in [-0.39, 0.29) is 5.91 Å². The predicted octanol–water partition coefficient (Wildman–Crippen LogP) is 3.81. The molecule has 2 heterocycles. The molecule has 1 saturated heterocycles. The van der Waals surface area contributed by atoms with Crippen LogP contribution in [0.2, 0.25) is 5.02 Å². The van der Waals surface area contributed by atoms with Gasteiger partial charge in [-0.3, -0.25) is 4.79 Å². The molecule has 0 atom stereocenters. The van der Waals surface area contributed by atoms with Crippen LogP contribution in [-0.4, -0.2) is 47.0 Å². The Morgan fingerprint density at radius 3 is 2.41 bits per heavy atom. The molecule has 1 amide bonds. The lowest BCUT2D eigenvalue weighted by Crippen LogP contribution is -2.49. The van der Waals surface area contributed by atoms with Gasteiger partial charge in [-0.25, -0.2) is 9.97 Å². The molecule has 0 aliphatic carbocycles. The summed E-state index contributed by atoms with van der Waals surface area (Å²) in [4.78, 5) is 25.1. The molecule has 6 nitrogen and oxygen atoms in total. The van der Waals surface area contributed by atoms with E-state index in [1.807, 2.05) is 41.3 Å². The number of benzene rings is 2. The summed E-state index contributed by atoms with van der Waals surface area (Å²) in [5.74, 6) is 2.08. The van der Waals surface area contributed by atoms with E-state index >= 15 is 0 Å². The molecule has 1 aromatic heterocycles. The van der Waals surface area contributed by atoms with Gasteiger partial charge in [0.2, 0.25) is 11.8 Å². The van der Waals surface area contributed by atoms with E-state index in [1.165, 1.54) is 6.33 Å². The van der Waals surface area contributed by atoms with Crippen LogP contribution >= 0.6 is 11.6 Å². The SMILES string of the molecule is O=C(Cc1ccccc1)N1CCN(c2cc(Oc3ccc(Cl)cc3)ncn2)CC1.